The van der Waals surface area contributed by atoms with Crippen molar-refractivity contribution in [2.45, 2.75) is 58.0 Å². The molecule has 1 aromatic rings. The van der Waals surface area contributed by atoms with Gasteiger partial charge in [-0.15, -0.1) is 5.16 Å². The highest BCUT2D eigenvalue weighted by atomic mass is 16.4. The molecule has 0 aliphatic heterocycles. The van der Waals surface area contributed by atoms with Crippen molar-refractivity contribution in [1.82, 2.24) is 0 Å². The Balaban J connectivity index is 2.45. The Morgan fingerprint density at radius 1 is 1.19 bits per heavy atom. The van der Waals surface area contributed by atoms with E-state index in [9.17, 15) is 5.11 Å². The Morgan fingerprint density at radius 2 is 2.05 bits per heavy atom. The molecular formula is C18H27NO2. The molecule has 0 amide bonds. The maximum atomic E-state index is 10.2. The lowest BCUT2D eigenvalue weighted by molar-refractivity contribution is 0.163. The number of aliphatic hydroxyl groups excluding tert-OH is 1. The summed E-state index contributed by atoms with van der Waals surface area (Å²) in [6.45, 7) is 2.17. The molecule has 0 aliphatic carbocycles. The van der Waals surface area contributed by atoms with Gasteiger partial charge < -0.3 is 10.3 Å². The van der Waals surface area contributed by atoms with Gasteiger partial charge in [-0.2, -0.15) is 0 Å². The van der Waals surface area contributed by atoms with Crippen molar-refractivity contribution >= 4 is 12.3 Å². The van der Waals surface area contributed by atoms with Gasteiger partial charge in [0, 0.05) is 6.21 Å². The predicted molar refractivity (Wildman–Crippen MR) is 88.7 cm³/mol. The molecule has 1 rings (SSSR count). The molecule has 3 heteroatoms. The highest BCUT2D eigenvalue weighted by Gasteiger charge is 2.06. The van der Waals surface area contributed by atoms with Crippen LogP contribution in [0.1, 0.15) is 69.1 Å². The lowest BCUT2D eigenvalue weighted by atomic mass is 10.0. The zero-order valence-electron chi connectivity index (χ0n) is 12.9. The largest absolute Gasteiger partial charge is 0.411 e. The van der Waals surface area contributed by atoms with Gasteiger partial charge in [0.05, 0.1) is 6.10 Å². The van der Waals surface area contributed by atoms with Gasteiger partial charge in [0.2, 0.25) is 0 Å². The Morgan fingerprint density at radius 3 is 2.81 bits per heavy atom. The van der Waals surface area contributed by atoms with Crippen LogP contribution in [0, 0.1) is 0 Å². The van der Waals surface area contributed by atoms with Crippen molar-refractivity contribution < 1.29 is 10.3 Å². The zero-order chi connectivity index (χ0) is 15.3. The molecule has 0 bridgehead atoms. The number of aliphatic hydroxyl groups is 1. The summed E-state index contributed by atoms with van der Waals surface area (Å²) in [7, 11) is 0. The van der Waals surface area contributed by atoms with E-state index in [-0.39, 0.29) is 6.10 Å². The topological polar surface area (TPSA) is 52.8 Å². The smallest absolute Gasteiger partial charge is 0.0790 e. The maximum Gasteiger partial charge on any atom is 0.0790 e. The number of hydrogen-bond acceptors (Lipinski definition) is 3. The van der Waals surface area contributed by atoms with Crippen molar-refractivity contribution in [3.8, 4) is 0 Å². The van der Waals surface area contributed by atoms with Gasteiger partial charge in [-0.3, -0.25) is 0 Å². The zero-order valence-corrected chi connectivity index (χ0v) is 12.9. The summed E-state index contributed by atoms with van der Waals surface area (Å²) >= 11 is 0. The average Bonchev–Trinajstić information content (AvgIpc) is 2.51. The van der Waals surface area contributed by atoms with E-state index in [4.69, 9.17) is 5.21 Å². The minimum Gasteiger partial charge on any atom is -0.411 e. The van der Waals surface area contributed by atoms with Crippen LogP contribution in [0.3, 0.4) is 0 Å². The molecule has 0 spiro atoms. The lowest BCUT2D eigenvalue weighted by Gasteiger charge is -2.11. The fraction of sp³-hybridized carbons (Fsp3) is 0.500. The second-order valence-electron chi connectivity index (χ2n) is 5.31. The Kier molecular flexibility index (Phi) is 9.21. The van der Waals surface area contributed by atoms with Gasteiger partial charge in [0.15, 0.2) is 0 Å². The van der Waals surface area contributed by atoms with E-state index in [0.29, 0.717) is 0 Å². The van der Waals surface area contributed by atoms with Crippen LogP contribution in [0.4, 0.5) is 0 Å². The number of oxime groups is 1. The Bertz CT molecular complexity index is 441. The number of hydrogen-bond donors (Lipinski definition) is 2. The van der Waals surface area contributed by atoms with Crippen LogP contribution >= 0.6 is 0 Å². The summed E-state index contributed by atoms with van der Waals surface area (Å²) in [5, 5.41) is 21.4. The van der Waals surface area contributed by atoms with Gasteiger partial charge in [-0.05, 0) is 42.9 Å². The number of rotatable bonds is 10. The fourth-order valence-electron chi connectivity index (χ4n) is 2.23. The number of benzene rings is 1. The van der Waals surface area contributed by atoms with E-state index < -0.39 is 0 Å². The molecule has 0 fully saturated rings. The predicted octanol–water partition coefficient (Wildman–Crippen LogP) is 4.94. The molecule has 0 aromatic heterocycles. The monoisotopic (exact) mass is 289 g/mol. The molecule has 0 aliphatic rings. The highest BCUT2D eigenvalue weighted by molar-refractivity contribution is 5.56. The van der Waals surface area contributed by atoms with Crippen LogP contribution < -0.4 is 0 Å². The molecule has 0 heterocycles. The van der Waals surface area contributed by atoms with E-state index >= 15 is 0 Å². The summed E-state index contributed by atoms with van der Waals surface area (Å²) in [5.41, 5.74) is 2.12. The van der Waals surface area contributed by atoms with Gasteiger partial charge in [-0.25, -0.2) is 0 Å². The second-order valence-corrected chi connectivity index (χ2v) is 5.31. The van der Waals surface area contributed by atoms with E-state index in [2.05, 4.69) is 30.3 Å². The van der Waals surface area contributed by atoms with Crippen molar-refractivity contribution in [3.63, 3.8) is 0 Å². The molecule has 1 aromatic carbocycles. The summed E-state index contributed by atoms with van der Waals surface area (Å²) < 4.78 is 0. The third kappa shape index (κ3) is 7.66. The number of nitrogens with zero attached hydrogens (tertiary/aromatic N) is 1. The van der Waals surface area contributed by atoms with Gasteiger partial charge in [0.1, 0.15) is 0 Å². The van der Waals surface area contributed by atoms with Crippen LogP contribution in [-0.2, 0) is 0 Å². The minimum atomic E-state index is -0.356. The van der Waals surface area contributed by atoms with Crippen LogP contribution in [0.5, 0.6) is 0 Å². The molecule has 2 N–H and O–H groups in total. The molecule has 0 saturated heterocycles. The summed E-state index contributed by atoms with van der Waals surface area (Å²) in [5.74, 6) is 0. The van der Waals surface area contributed by atoms with E-state index in [1.54, 1.807) is 0 Å². The van der Waals surface area contributed by atoms with Crippen molar-refractivity contribution in [3.05, 3.63) is 41.5 Å². The van der Waals surface area contributed by atoms with Crippen LogP contribution in [0.15, 0.2) is 35.5 Å². The first-order chi connectivity index (χ1) is 10.3. The molecular weight excluding hydrogens is 262 g/mol. The third-order valence-corrected chi connectivity index (χ3v) is 3.47. The first-order valence-electron chi connectivity index (χ1n) is 7.88. The van der Waals surface area contributed by atoms with Gasteiger partial charge in [-0.1, -0.05) is 56.5 Å². The fourth-order valence-corrected chi connectivity index (χ4v) is 2.23. The van der Waals surface area contributed by atoms with E-state index in [1.807, 2.05) is 18.2 Å². The molecule has 3 nitrogen and oxygen atoms in total. The minimum absolute atomic E-state index is 0.356. The summed E-state index contributed by atoms with van der Waals surface area (Å²) in [6.07, 6.45) is 12.3. The van der Waals surface area contributed by atoms with Crippen molar-refractivity contribution in [2.75, 3.05) is 0 Å². The summed E-state index contributed by atoms with van der Waals surface area (Å²) in [6, 6.07) is 8.10. The van der Waals surface area contributed by atoms with E-state index in [1.165, 1.54) is 19.1 Å². The molecule has 116 valence electrons. The van der Waals surface area contributed by atoms with Crippen LogP contribution in [0.25, 0.3) is 6.08 Å². The molecule has 0 saturated carbocycles. The van der Waals surface area contributed by atoms with Crippen molar-refractivity contribution in [1.29, 1.82) is 0 Å². The third-order valence-electron chi connectivity index (χ3n) is 3.47. The highest BCUT2D eigenvalue weighted by Crippen LogP contribution is 2.21. The first kappa shape index (κ1) is 17.4. The Labute approximate surface area is 128 Å². The standard InChI is InChI=1S/C18H27NO2/c1-2-3-6-13-18(20)17-12-9-11-16(15-17)10-7-4-5-8-14-19-21/h7,9-12,14-15,18,20-21H,2-6,8,13H2,1H3/b10-7-,19-14?. The van der Waals surface area contributed by atoms with E-state index in [0.717, 1.165) is 43.2 Å². The SMILES string of the molecule is CCCCCC(O)c1cccc(/C=C\CCCC=NO)c1. The molecule has 1 unspecified atom stereocenters. The van der Waals surface area contributed by atoms with Crippen LogP contribution in [0.2, 0.25) is 0 Å². The molecule has 1 atom stereocenters. The second kappa shape index (κ2) is 11.1. The average molecular weight is 289 g/mol. The maximum absolute atomic E-state index is 10.2. The number of allylic oxidation sites excluding steroid dienone is 1. The molecule has 0 radical (unpaired) electrons. The van der Waals surface area contributed by atoms with Gasteiger partial charge in [0.25, 0.3) is 0 Å². The number of unbranched alkanes of at least 4 members (excludes halogenated alkanes) is 4. The quantitative estimate of drug-likeness (QED) is 0.277. The first-order valence-corrected chi connectivity index (χ1v) is 7.88. The normalized spacial score (nSPS) is 13.2. The Hall–Kier alpha value is -1.61. The van der Waals surface area contributed by atoms with Gasteiger partial charge >= 0.3 is 0 Å². The van der Waals surface area contributed by atoms with Crippen LogP contribution in [-0.4, -0.2) is 16.5 Å². The van der Waals surface area contributed by atoms with Crippen molar-refractivity contribution in [2.24, 2.45) is 5.16 Å². The molecule has 21 heavy (non-hydrogen) atoms. The lowest BCUT2D eigenvalue weighted by Crippen LogP contribution is -1.97. The summed E-state index contributed by atoms with van der Waals surface area (Å²) in [4.78, 5) is 0.